The molecule has 0 saturated carbocycles. The lowest BCUT2D eigenvalue weighted by molar-refractivity contribution is -0.136. The lowest BCUT2D eigenvalue weighted by atomic mass is 9.94. The largest absolute Gasteiger partial charge is 0.481 e. The first-order chi connectivity index (χ1) is 10.2. The van der Waals surface area contributed by atoms with Gasteiger partial charge >= 0.3 is 5.97 Å². The van der Waals surface area contributed by atoms with Crippen molar-refractivity contribution in [1.82, 2.24) is 4.98 Å². The Hall–Kier alpha value is -2.07. The van der Waals surface area contributed by atoms with Crippen molar-refractivity contribution < 1.29 is 9.90 Å². The number of carboxylic acid groups (broad SMARTS) is 1. The number of fused-ring (bicyclic) bond motifs is 5. The quantitative estimate of drug-likeness (QED) is 0.767. The molecule has 3 nitrogen and oxygen atoms in total. The minimum absolute atomic E-state index is 0.207. The predicted molar refractivity (Wildman–Crippen MR) is 85.0 cm³/mol. The van der Waals surface area contributed by atoms with Crippen molar-refractivity contribution in [2.75, 3.05) is 0 Å². The fourth-order valence-corrected chi connectivity index (χ4v) is 4.34. The van der Waals surface area contributed by atoms with Crippen LogP contribution in [0.5, 0.6) is 0 Å². The summed E-state index contributed by atoms with van der Waals surface area (Å²) in [6.07, 6.45) is 2.95. The summed E-state index contributed by atoms with van der Waals surface area (Å²) in [7, 11) is 0. The molecule has 1 aliphatic rings. The highest BCUT2D eigenvalue weighted by Gasteiger charge is 2.22. The minimum Gasteiger partial charge on any atom is -0.481 e. The molecule has 2 N–H and O–H groups in total. The molecule has 0 unspecified atom stereocenters. The number of para-hydroxylation sites is 1. The Morgan fingerprint density at radius 3 is 3.00 bits per heavy atom. The number of aromatic amines is 1. The highest BCUT2D eigenvalue weighted by molar-refractivity contribution is 7.12. The lowest BCUT2D eigenvalue weighted by Gasteiger charge is -2.11. The fourth-order valence-electron chi connectivity index (χ4n) is 3.16. The second-order valence-electron chi connectivity index (χ2n) is 5.47. The summed E-state index contributed by atoms with van der Waals surface area (Å²) in [5.41, 5.74) is 5.10. The number of aliphatic carboxylic acids is 1. The monoisotopic (exact) mass is 297 g/mol. The third-order valence-electron chi connectivity index (χ3n) is 4.13. The van der Waals surface area contributed by atoms with E-state index in [9.17, 15) is 4.79 Å². The van der Waals surface area contributed by atoms with E-state index < -0.39 is 5.97 Å². The molecule has 4 heteroatoms. The number of nitrogens with one attached hydrogen (secondary N) is 1. The Kier molecular flexibility index (Phi) is 2.86. The molecule has 21 heavy (non-hydrogen) atoms. The van der Waals surface area contributed by atoms with Crippen molar-refractivity contribution in [3.63, 3.8) is 0 Å². The number of aryl methyl sites for hydroxylation is 3. The third-order valence-corrected chi connectivity index (χ3v) is 5.38. The van der Waals surface area contributed by atoms with Gasteiger partial charge in [-0.25, -0.2) is 0 Å². The van der Waals surface area contributed by atoms with Gasteiger partial charge in [-0.3, -0.25) is 4.79 Å². The van der Waals surface area contributed by atoms with E-state index in [0.717, 1.165) is 12.8 Å². The van der Waals surface area contributed by atoms with Gasteiger partial charge in [-0.1, -0.05) is 18.2 Å². The summed E-state index contributed by atoms with van der Waals surface area (Å²) in [5, 5.41) is 10.1. The van der Waals surface area contributed by atoms with Gasteiger partial charge in [0.25, 0.3) is 0 Å². The normalized spacial score (nSPS) is 13.1. The van der Waals surface area contributed by atoms with Gasteiger partial charge in [0.05, 0.1) is 12.1 Å². The molecule has 0 aliphatic heterocycles. The number of carboxylic acids is 1. The maximum Gasteiger partial charge on any atom is 0.303 e. The first-order valence-electron chi connectivity index (χ1n) is 7.15. The molecule has 2 aromatic heterocycles. The summed E-state index contributed by atoms with van der Waals surface area (Å²) in [4.78, 5) is 16.8. The summed E-state index contributed by atoms with van der Waals surface area (Å²) >= 11 is 1.77. The van der Waals surface area contributed by atoms with Crippen LogP contribution >= 0.6 is 11.3 Å². The molecule has 0 fully saturated rings. The Balaban J connectivity index is 1.79. The average Bonchev–Trinajstić information content (AvgIpc) is 3.05. The Bertz CT molecular complexity index is 844. The lowest BCUT2D eigenvalue weighted by Crippen LogP contribution is -1.98. The highest BCUT2D eigenvalue weighted by atomic mass is 32.1. The van der Waals surface area contributed by atoms with Crippen molar-refractivity contribution in [2.24, 2.45) is 0 Å². The zero-order valence-corrected chi connectivity index (χ0v) is 12.3. The second kappa shape index (κ2) is 4.74. The number of H-pyrrole nitrogens is 1. The fraction of sp³-hybridized carbons (Fsp3) is 0.235. The van der Waals surface area contributed by atoms with E-state index in [1.807, 2.05) is 0 Å². The maximum atomic E-state index is 10.7. The predicted octanol–water partition coefficient (Wildman–Crippen LogP) is 4.01. The zero-order chi connectivity index (χ0) is 14.4. The molecule has 106 valence electrons. The van der Waals surface area contributed by atoms with Crippen molar-refractivity contribution in [3.05, 3.63) is 45.6 Å². The van der Waals surface area contributed by atoms with Crippen LogP contribution in [0.1, 0.15) is 21.7 Å². The number of thiophene rings is 1. The molecule has 2 heterocycles. The van der Waals surface area contributed by atoms with Gasteiger partial charge < -0.3 is 10.1 Å². The Morgan fingerprint density at radius 1 is 1.29 bits per heavy atom. The van der Waals surface area contributed by atoms with Gasteiger partial charge in [0.15, 0.2) is 0 Å². The maximum absolute atomic E-state index is 10.7. The van der Waals surface area contributed by atoms with Crippen LogP contribution in [0.25, 0.3) is 22.2 Å². The van der Waals surface area contributed by atoms with Crippen molar-refractivity contribution in [3.8, 4) is 11.3 Å². The van der Waals surface area contributed by atoms with Crippen molar-refractivity contribution in [1.29, 1.82) is 0 Å². The third kappa shape index (κ3) is 2.07. The van der Waals surface area contributed by atoms with Gasteiger partial charge in [-0.15, -0.1) is 11.3 Å². The zero-order valence-electron chi connectivity index (χ0n) is 11.5. The van der Waals surface area contributed by atoms with Crippen LogP contribution in [-0.2, 0) is 24.1 Å². The first kappa shape index (κ1) is 12.7. The molecule has 0 spiro atoms. The molecular formula is C17H15NO2S. The SMILES string of the molecule is O=C(O)CCc1cc2c(s1)CCc1c-2[nH]c2ccccc12. The number of rotatable bonds is 3. The van der Waals surface area contributed by atoms with E-state index in [2.05, 4.69) is 35.3 Å². The van der Waals surface area contributed by atoms with Crippen LogP contribution in [-0.4, -0.2) is 16.1 Å². The number of benzene rings is 1. The minimum atomic E-state index is -0.729. The van der Waals surface area contributed by atoms with E-state index in [4.69, 9.17) is 5.11 Å². The smallest absolute Gasteiger partial charge is 0.303 e. The van der Waals surface area contributed by atoms with E-state index in [0.29, 0.717) is 6.42 Å². The molecule has 0 bridgehead atoms. The summed E-state index contributed by atoms with van der Waals surface area (Å²) in [6, 6.07) is 10.6. The van der Waals surface area contributed by atoms with Crippen molar-refractivity contribution >= 4 is 28.2 Å². The van der Waals surface area contributed by atoms with Gasteiger partial charge in [-0.05, 0) is 37.0 Å². The van der Waals surface area contributed by atoms with Gasteiger partial charge in [0.1, 0.15) is 0 Å². The Labute approximate surface area is 126 Å². The summed E-state index contributed by atoms with van der Waals surface area (Å²) in [5.74, 6) is -0.729. The van der Waals surface area contributed by atoms with E-state index in [1.165, 1.54) is 37.5 Å². The first-order valence-corrected chi connectivity index (χ1v) is 7.97. The van der Waals surface area contributed by atoms with E-state index in [-0.39, 0.29) is 6.42 Å². The number of carbonyl (C=O) groups is 1. The van der Waals surface area contributed by atoms with Gasteiger partial charge in [-0.2, -0.15) is 0 Å². The summed E-state index contributed by atoms with van der Waals surface area (Å²) in [6.45, 7) is 0. The number of aromatic nitrogens is 1. The van der Waals surface area contributed by atoms with Crippen LogP contribution in [0.3, 0.4) is 0 Å². The second-order valence-corrected chi connectivity index (χ2v) is 6.69. The van der Waals surface area contributed by atoms with E-state index in [1.54, 1.807) is 11.3 Å². The molecule has 1 aliphatic carbocycles. The van der Waals surface area contributed by atoms with Crippen molar-refractivity contribution in [2.45, 2.75) is 25.7 Å². The molecule has 1 aromatic carbocycles. The molecular weight excluding hydrogens is 282 g/mol. The number of hydrogen-bond donors (Lipinski definition) is 2. The van der Waals surface area contributed by atoms with Crippen LogP contribution in [0, 0.1) is 0 Å². The van der Waals surface area contributed by atoms with Crippen LogP contribution in [0.15, 0.2) is 30.3 Å². The molecule has 3 aromatic rings. The summed E-state index contributed by atoms with van der Waals surface area (Å²) < 4.78 is 0. The van der Waals surface area contributed by atoms with Crippen LogP contribution < -0.4 is 0 Å². The Morgan fingerprint density at radius 2 is 2.14 bits per heavy atom. The van der Waals surface area contributed by atoms with Gasteiger partial charge in [0, 0.05) is 26.2 Å². The van der Waals surface area contributed by atoms with Crippen LogP contribution in [0.4, 0.5) is 0 Å². The molecule has 4 rings (SSSR count). The topological polar surface area (TPSA) is 53.1 Å². The average molecular weight is 297 g/mol. The van der Waals surface area contributed by atoms with Crippen LogP contribution in [0.2, 0.25) is 0 Å². The molecule has 0 saturated heterocycles. The highest BCUT2D eigenvalue weighted by Crippen LogP contribution is 2.41. The molecule has 0 amide bonds. The molecule has 0 radical (unpaired) electrons. The van der Waals surface area contributed by atoms with E-state index >= 15 is 0 Å². The standard InChI is InChI=1S/C17H15NO2S/c19-16(20)8-5-10-9-13-15(21-10)7-6-12-11-3-1-2-4-14(11)18-17(12)13/h1-4,9,18H,5-8H2,(H,19,20). The molecule has 0 atom stereocenters. The van der Waals surface area contributed by atoms with Gasteiger partial charge in [0.2, 0.25) is 0 Å². The number of hydrogen-bond acceptors (Lipinski definition) is 2.